The van der Waals surface area contributed by atoms with Crippen molar-refractivity contribution in [3.05, 3.63) is 99.5 Å². The van der Waals surface area contributed by atoms with Gasteiger partial charge in [0.1, 0.15) is 27.6 Å². The number of nitrogens with zero attached hydrogens (tertiary/aromatic N) is 3. The molecule has 3 aromatic carbocycles. The number of hydrogen-bond acceptors (Lipinski definition) is 9. The number of hydrogen-bond donors (Lipinski definition) is 4. The molecule has 2 aromatic heterocycles. The number of rotatable bonds is 13. The number of carboxylic acid groups (broad SMARTS) is 1. The van der Waals surface area contributed by atoms with Gasteiger partial charge >= 0.3 is 5.97 Å². The summed E-state index contributed by atoms with van der Waals surface area (Å²) in [4.78, 5) is 23.2. The van der Waals surface area contributed by atoms with Crippen molar-refractivity contribution in [3.8, 4) is 28.4 Å². The van der Waals surface area contributed by atoms with Crippen molar-refractivity contribution in [2.24, 2.45) is 0 Å². The van der Waals surface area contributed by atoms with Crippen LogP contribution < -0.4 is 20.1 Å². The molecule has 13 heteroatoms. The summed E-state index contributed by atoms with van der Waals surface area (Å²) < 4.78 is 27.7. The summed E-state index contributed by atoms with van der Waals surface area (Å²) >= 11 is 13.6. The molecule has 0 amide bonds. The molecule has 1 unspecified atom stereocenters. The van der Waals surface area contributed by atoms with E-state index in [2.05, 4.69) is 26.6 Å². The van der Waals surface area contributed by atoms with Crippen molar-refractivity contribution < 1.29 is 28.9 Å². The van der Waals surface area contributed by atoms with Gasteiger partial charge in [0.15, 0.2) is 17.4 Å². The second kappa shape index (κ2) is 14.8. The third kappa shape index (κ3) is 7.24. The number of carboxylic acids is 1. The molecule has 0 spiro atoms. The van der Waals surface area contributed by atoms with Crippen LogP contribution in [-0.2, 0) is 17.9 Å². The lowest BCUT2D eigenvalue weighted by Gasteiger charge is -2.20. The Morgan fingerprint density at radius 1 is 1.06 bits per heavy atom. The maximum absolute atomic E-state index is 15.8. The number of anilines is 2. The van der Waals surface area contributed by atoms with Crippen molar-refractivity contribution in [3.63, 3.8) is 0 Å². The van der Waals surface area contributed by atoms with Gasteiger partial charge in [-0.05, 0) is 74.1 Å². The van der Waals surface area contributed by atoms with Gasteiger partial charge in [-0.1, -0.05) is 47.5 Å². The fourth-order valence-electron chi connectivity index (χ4n) is 6.59. The number of aliphatic carboxylic acids is 1. The first-order chi connectivity index (χ1) is 25.1. The Morgan fingerprint density at radius 2 is 1.85 bits per heavy atom. The molecule has 1 saturated heterocycles. The van der Waals surface area contributed by atoms with Crippen LogP contribution in [0.15, 0.2) is 67.0 Å². The lowest BCUT2D eigenvalue weighted by atomic mass is 9.99. The number of pyridine rings is 2. The Hall–Kier alpha value is -4.52. The number of aliphatic hydroxyl groups is 1. The normalized spacial score (nSPS) is 16.6. The van der Waals surface area contributed by atoms with Gasteiger partial charge in [0.25, 0.3) is 0 Å². The van der Waals surface area contributed by atoms with Crippen LogP contribution >= 0.6 is 23.2 Å². The van der Waals surface area contributed by atoms with E-state index in [0.29, 0.717) is 53.7 Å². The minimum absolute atomic E-state index is 0.0585. The Balaban J connectivity index is 1.14. The first-order valence-electron chi connectivity index (χ1n) is 17.2. The average molecular weight is 747 g/mol. The van der Waals surface area contributed by atoms with E-state index in [1.54, 1.807) is 19.2 Å². The highest BCUT2D eigenvalue weighted by atomic mass is 35.5. The standard InChI is InChI=1S/C39H38Cl2FN5O5/c1-3-51-31-17-32(34(41)35(42)28(31)19-45-39(12-13-39)38(49)50)52-30-9-5-6-26(22(30)2)27-7-4-8-29(33(27)40)46-37-36-24(10-14-43-37)16-23(18-44-36)20-47-15-11-25(48)21-47/h4-10,14,16-18,25,45,48H,3,11-13,15,19-21H2,1-2H3,(H,43,46)(H,49,50). The zero-order valence-corrected chi connectivity index (χ0v) is 30.2. The second-order valence-corrected chi connectivity index (χ2v) is 14.0. The van der Waals surface area contributed by atoms with Crippen LogP contribution in [0.25, 0.3) is 22.0 Å². The fraction of sp³-hybridized carbons (Fsp3) is 0.308. The van der Waals surface area contributed by atoms with Gasteiger partial charge in [-0.15, -0.1) is 0 Å². The van der Waals surface area contributed by atoms with Crippen molar-refractivity contribution in [2.75, 3.05) is 25.0 Å². The van der Waals surface area contributed by atoms with Crippen LogP contribution in [0, 0.1) is 12.7 Å². The van der Waals surface area contributed by atoms with E-state index in [0.717, 1.165) is 40.6 Å². The van der Waals surface area contributed by atoms with Crippen LogP contribution in [0.5, 0.6) is 17.2 Å². The van der Waals surface area contributed by atoms with E-state index in [9.17, 15) is 15.0 Å². The maximum atomic E-state index is 15.8. The Labute approximate surface area is 310 Å². The number of nitrogens with one attached hydrogen (secondary N) is 2. The number of fused-ring (bicyclic) bond motifs is 1. The van der Waals surface area contributed by atoms with Gasteiger partial charge in [0.05, 0.1) is 23.4 Å². The number of carbonyl (C=O) groups is 1. The predicted octanol–water partition coefficient (Wildman–Crippen LogP) is 8.26. The third-order valence-electron chi connectivity index (χ3n) is 9.65. The molecule has 4 N–H and O–H groups in total. The molecule has 7 rings (SSSR count). The van der Waals surface area contributed by atoms with Crippen LogP contribution in [-0.4, -0.2) is 62.4 Å². The molecule has 1 aliphatic carbocycles. The molecule has 1 atom stereocenters. The van der Waals surface area contributed by atoms with Gasteiger partial charge in [0, 0.05) is 61.2 Å². The van der Waals surface area contributed by atoms with Gasteiger partial charge in [-0.3, -0.25) is 20.0 Å². The summed E-state index contributed by atoms with van der Waals surface area (Å²) in [5.41, 5.74) is 3.73. The third-order valence-corrected chi connectivity index (χ3v) is 10.4. The predicted molar refractivity (Wildman–Crippen MR) is 199 cm³/mol. The number of β-amino-alcohol motifs (C(OH)–C–C–N with tert-alkyl or cyclic N) is 1. The number of aromatic nitrogens is 2. The zero-order valence-electron chi connectivity index (χ0n) is 28.7. The van der Waals surface area contributed by atoms with Crippen molar-refractivity contribution in [1.82, 2.24) is 20.2 Å². The number of ether oxygens (including phenoxy) is 2. The van der Waals surface area contributed by atoms with Gasteiger partial charge in [-0.25, -0.2) is 9.37 Å². The van der Waals surface area contributed by atoms with Gasteiger partial charge in [-0.2, -0.15) is 0 Å². The molecular formula is C39H38Cl2FN5O5. The Morgan fingerprint density at radius 3 is 2.58 bits per heavy atom. The van der Waals surface area contributed by atoms with Crippen LogP contribution in [0.1, 0.15) is 42.9 Å². The smallest absolute Gasteiger partial charge is 0.323 e. The minimum Gasteiger partial charge on any atom is -0.493 e. The first kappa shape index (κ1) is 35.9. The van der Waals surface area contributed by atoms with Crippen LogP contribution in [0.2, 0.25) is 10.0 Å². The van der Waals surface area contributed by atoms with Crippen molar-refractivity contribution in [1.29, 1.82) is 0 Å². The summed E-state index contributed by atoms with van der Waals surface area (Å²) in [7, 11) is 0. The SMILES string of the molecule is CCOc1cc(Oc2cccc(-c3cccc(Nc4nccc5cc(CN6CCC(O)C6)cnc45)c3Cl)c2C)c(Cl)c(F)c1CNC1(C(=O)O)CC1. The molecule has 2 fully saturated rings. The summed E-state index contributed by atoms with van der Waals surface area (Å²) in [5.74, 6) is -0.453. The van der Waals surface area contributed by atoms with Crippen LogP contribution in [0.3, 0.4) is 0 Å². The van der Waals surface area contributed by atoms with E-state index in [1.165, 1.54) is 6.07 Å². The molecule has 3 heterocycles. The molecule has 1 saturated carbocycles. The number of likely N-dealkylation sites (tertiary alicyclic amines) is 1. The topological polar surface area (TPSA) is 129 Å². The number of halogens is 3. The summed E-state index contributed by atoms with van der Waals surface area (Å²) in [6.45, 7) is 6.07. The van der Waals surface area contributed by atoms with E-state index >= 15 is 4.39 Å². The zero-order chi connectivity index (χ0) is 36.6. The number of benzene rings is 3. The highest BCUT2D eigenvalue weighted by Gasteiger charge is 2.50. The minimum atomic E-state index is -1.06. The Bertz CT molecular complexity index is 2160. The Kier molecular flexibility index (Phi) is 10.2. The molecular weight excluding hydrogens is 708 g/mol. The highest BCUT2D eigenvalue weighted by molar-refractivity contribution is 6.36. The molecule has 0 bridgehead atoms. The highest BCUT2D eigenvalue weighted by Crippen LogP contribution is 2.44. The monoisotopic (exact) mass is 745 g/mol. The number of aliphatic hydroxyl groups excluding tert-OH is 1. The van der Waals surface area contributed by atoms with Crippen molar-refractivity contribution >= 4 is 51.6 Å². The fourth-order valence-corrected chi connectivity index (χ4v) is 7.07. The van der Waals surface area contributed by atoms with E-state index in [4.69, 9.17) is 37.7 Å². The quantitative estimate of drug-likeness (QED) is 0.0935. The molecule has 2 aliphatic rings. The van der Waals surface area contributed by atoms with E-state index in [-0.39, 0.29) is 41.3 Å². The first-order valence-corrected chi connectivity index (χ1v) is 17.9. The molecule has 1 aliphatic heterocycles. The van der Waals surface area contributed by atoms with Crippen molar-refractivity contribution in [2.45, 2.75) is 57.8 Å². The maximum Gasteiger partial charge on any atom is 0.323 e. The molecule has 52 heavy (non-hydrogen) atoms. The van der Waals surface area contributed by atoms with E-state index < -0.39 is 17.3 Å². The van der Waals surface area contributed by atoms with E-state index in [1.807, 2.05) is 49.5 Å². The lowest BCUT2D eigenvalue weighted by Crippen LogP contribution is -2.38. The summed E-state index contributed by atoms with van der Waals surface area (Å²) in [6.07, 6.45) is 5.00. The second-order valence-electron chi connectivity index (χ2n) is 13.2. The van der Waals surface area contributed by atoms with Gasteiger partial charge in [0.2, 0.25) is 0 Å². The van der Waals surface area contributed by atoms with Gasteiger partial charge < -0.3 is 25.0 Å². The van der Waals surface area contributed by atoms with Crippen LogP contribution in [0.4, 0.5) is 15.9 Å². The lowest BCUT2D eigenvalue weighted by molar-refractivity contribution is -0.140. The largest absolute Gasteiger partial charge is 0.493 e. The summed E-state index contributed by atoms with van der Waals surface area (Å²) in [5, 5.41) is 26.9. The molecule has 0 radical (unpaired) electrons. The molecule has 5 aromatic rings. The molecule has 10 nitrogen and oxygen atoms in total. The summed E-state index contributed by atoms with van der Waals surface area (Å²) in [6, 6.07) is 16.7. The molecule has 270 valence electrons. The average Bonchev–Trinajstić information content (AvgIpc) is 3.82.